The van der Waals surface area contributed by atoms with Crippen LogP contribution in [0.2, 0.25) is 0 Å². The van der Waals surface area contributed by atoms with Gasteiger partial charge in [-0.25, -0.2) is 4.98 Å². The Balaban J connectivity index is 1.19. The molecular formula is C26H26F3N5O3. The van der Waals surface area contributed by atoms with Crippen LogP contribution in [0.4, 0.5) is 18.9 Å². The Kier molecular flexibility index (Phi) is 8.14. The van der Waals surface area contributed by atoms with Crippen molar-refractivity contribution >= 4 is 11.6 Å². The minimum atomic E-state index is -4.63. The molecule has 2 aliphatic rings. The van der Waals surface area contributed by atoms with Crippen molar-refractivity contribution in [2.45, 2.75) is 44.1 Å². The van der Waals surface area contributed by atoms with Crippen LogP contribution >= 0.6 is 0 Å². The van der Waals surface area contributed by atoms with Gasteiger partial charge in [-0.15, -0.1) is 0 Å². The first-order chi connectivity index (χ1) is 17.8. The summed E-state index contributed by atoms with van der Waals surface area (Å²) in [5.74, 6) is 0.00930. The van der Waals surface area contributed by atoms with Gasteiger partial charge in [0.05, 0.1) is 41.3 Å². The van der Waals surface area contributed by atoms with E-state index < -0.39 is 17.3 Å². The van der Waals surface area contributed by atoms with Crippen LogP contribution in [0, 0.1) is 22.7 Å². The van der Waals surface area contributed by atoms with Gasteiger partial charge in [0, 0.05) is 26.2 Å². The molecule has 0 radical (unpaired) electrons. The first kappa shape index (κ1) is 26.2. The smallest absolute Gasteiger partial charge is 0.417 e. The van der Waals surface area contributed by atoms with Crippen LogP contribution in [-0.4, -0.2) is 60.8 Å². The van der Waals surface area contributed by atoms with Gasteiger partial charge in [-0.2, -0.15) is 23.7 Å². The lowest BCUT2D eigenvalue weighted by Crippen LogP contribution is -2.50. The summed E-state index contributed by atoms with van der Waals surface area (Å²) in [6.07, 6.45) is -0.865. The number of hydrogen-bond acceptors (Lipinski definition) is 7. The normalized spacial score (nSPS) is 20.1. The van der Waals surface area contributed by atoms with Crippen molar-refractivity contribution in [3.63, 3.8) is 0 Å². The zero-order valence-corrected chi connectivity index (χ0v) is 20.1. The molecule has 1 amide bonds. The van der Waals surface area contributed by atoms with Gasteiger partial charge in [0.15, 0.2) is 0 Å². The highest BCUT2D eigenvalue weighted by atomic mass is 19.4. The van der Waals surface area contributed by atoms with E-state index in [1.807, 2.05) is 12.1 Å². The summed E-state index contributed by atoms with van der Waals surface area (Å²) in [5, 5.41) is 17.8. The lowest BCUT2D eigenvalue weighted by Gasteiger charge is -2.36. The summed E-state index contributed by atoms with van der Waals surface area (Å²) in [7, 11) is 0. The van der Waals surface area contributed by atoms with E-state index in [1.54, 1.807) is 23.2 Å². The number of carbonyl (C=O) groups is 1. The molecule has 11 heteroatoms. The van der Waals surface area contributed by atoms with E-state index in [0.29, 0.717) is 57.6 Å². The van der Waals surface area contributed by atoms with E-state index in [9.17, 15) is 18.0 Å². The van der Waals surface area contributed by atoms with E-state index in [1.165, 1.54) is 6.07 Å². The highest BCUT2D eigenvalue weighted by molar-refractivity contribution is 5.77. The van der Waals surface area contributed by atoms with E-state index in [-0.39, 0.29) is 30.5 Å². The first-order valence-electron chi connectivity index (χ1n) is 12.1. The predicted molar refractivity (Wildman–Crippen MR) is 127 cm³/mol. The van der Waals surface area contributed by atoms with Crippen molar-refractivity contribution in [1.29, 1.82) is 10.5 Å². The fourth-order valence-corrected chi connectivity index (χ4v) is 4.57. The second kappa shape index (κ2) is 11.5. The number of piperazine rings is 1. The zero-order chi connectivity index (χ0) is 26.4. The number of benzene rings is 1. The average molecular weight is 514 g/mol. The number of amides is 1. The van der Waals surface area contributed by atoms with E-state index in [4.69, 9.17) is 20.0 Å². The highest BCUT2D eigenvalue weighted by Gasteiger charge is 2.34. The molecule has 0 spiro atoms. The fraction of sp³-hybridized carbons (Fsp3) is 0.462. The number of carbonyl (C=O) groups excluding carboxylic acids is 1. The Morgan fingerprint density at radius 1 is 1.00 bits per heavy atom. The largest absolute Gasteiger partial charge is 0.490 e. The molecule has 0 unspecified atom stereocenters. The van der Waals surface area contributed by atoms with E-state index >= 15 is 0 Å². The lowest BCUT2D eigenvalue weighted by molar-refractivity contribution is -0.140. The van der Waals surface area contributed by atoms with Gasteiger partial charge in [-0.3, -0.25) is 4.79 Å². The second-order valence-corrected chi connectivity index (χ2v) is 9.03. The SMILES string of the molecule is N#Cc1ccc(N2CCN(C(=O)COC3CCC(Oc4ccc(C#N)c(C(F)(F)F)c4)CC3)CC2)cn1. The molecular weight excluding hydrogens is 487 g/mol. The van der Waals surface area contributed by atoms with Gasteiger partial charge in [-0.1, -0.05) is 0 Å². The molecule has 0 bridgehead atoms. The molecule has 1 saturated heterocycles. The van der Waals surface area contributed by atoms with Crippen molar-refractivity contribution in [1.82, 2.24) is 9.88 Å². The van der Waals surface area contributed by atoms with E-state index in [2.05, 4.69) is 9.88 Å². The quantitative estimate of drug-likeness (QED) is 0.577. The molecule has 0 N–H and O–H groups in total. The maximum absolute atomic E-state index is 13.2. The maximum atomic E-state index is 13.2. The number of pyridine rings is 1. The second-order valence-electron chi connectivity index (χ2n) is 9.03. The topological polar surface area (TPSA) is 102 Å². The standard InChI is InChI=1S/C26H26F3N5O3/c27-26(28,29)24-13-23(4-1-18(24)14-30)37-22-7-5-21(6-8-22)36-17-25(35)34-11-9-33(10-12-34)20-3-2-19(15-31)32-16-20/h1-4,13,16,21-22H,5-12,17H2. The predicted octanol–water partition coefficient (Wildman–Crippen LogP) is 3.90. The number of anilines is 1. The molecule has 2 fully saturated rings. The third kappa shape index (κ3) is 6.69. The van der Waals surface area contributed by atoms with Crippen LogP contribution in [0.15, 0.2) is 36.5 Å². The van der Waals surface area contributed by atoms with Crippen molar-refractivity contribution in [3.8, 4) is 17.9 Å². The number of nitriles is 2. The fourth-order valence-electron chi connectivity index (χ4n) is 4.57. The van der Waals surface area contributed by atoms with Crippen LogP contribution < -0.4 is 9.64 Å². The molecule has 37 heavy (non-hydrogen) atoms. The van der Waals surface area contributed by atoms with E-state index in [0.717, 1.165) is 17.8 Å². The maximum Gasteiger partial charge on any atom is 0.417 e. The number of halogens is 3. The molecule has 4 rings (SSSR count). The Morgan fingerprint density at radius 2 is 1.70 bits per heavy atom. The van der Waals surface area contributed by atoms with Gasteiger partial charge >= 0.3 is 6.18 Å². The van der Waals surface area contributed by atoms with Crippen LogP contribution in [0.1, 0.15) is 42.5 Å². The average Bonchev–Trinajstić information content (AvgIpc) is 2.92. The third-order valence-corrected chi connectivity index (χ3v) is 6.64. The molecule has 2 aromatic rings. The van der Waals surface area contributed by atoms with Crippen LogP contribution in [-0.2, 0) is 15.7 Å². The van der Waals surface area contributed by atoms with Gasteiger partial charge < -0.3 is 19.3 Å². The summed E-state index contributed by atoms with van der Waals surface area (Å²) < 4.78 is 51.1. The Hall–Kier alpha value is -3.83. The third-order valence-electron chi connectivity index (χ3n) is 6.64. The first-order valence-corrected chi connectivity index (χ1v) is 12.1. The van der Waals surface area contributed by atoms with Crippen molar-refractivity contribution in [3.05, 3.63) is 53.3 Å². The summed E-state index contributed by atoms with van der Waals surface area (Å²) >= 11 is 0. The molecule has 1 aromatic carbocycles. The van der Waals surface area contributed by atoms with Gasteiger partial charge in [0.1, 0.15) is 24.1 Å². The molecule has 1 aliphatic carbocycles. The number of nitrogens with zero attached hydrogens (tertiary/aromatic N) is 5. The number of hydrogen-bond donors (Lipinski definition) is 0. The number of ether oxygens (including phenoxy) is 2. The van der Waals surface area contributed by atoms with Crippen molar-refractivity contribution in [2.75, 3.05) is 37.7 Å². The van der Waals surface area contributed by atoms with Gasteiger partial charge in [-0.05, 0) is 56.0 Å². The summed E-state index contributed by atoms with van der Waals surface area (Å²) in [6, 6.07) is 10.5. The summed E-state index contributed by atoms with van der Waals surface area (Å²) in [5.41, 5.74) is -0.163. The number of alkyl halides is 3. The minimum Gasteiger partial charge on any atom is -0.490 e. The number of rotatable bonds is 6. The van der Waals surface area contributed by atoms with Crippen LogP contribution in [0.3, 0.4) is 0 Å². The van der Waals surface area contributed by atoms with Crippen molar-refractivity contribution < 1.29 is 27.4 Å². The zero-order valence-electron chi connectivity index (χ0n) is 20.1. The van der Waals surface area contributed by atoms with Gasteiger partial charge in [0.25, 0.3) is 0 Å². The number of aromatic nitrogens is 1. The summed E-state index contributed by atoms with van der Waals surface area (Å²) in [4.78, 5) is 20.6. The minimum absolute atomic E-state index is 0.0147. The van der Waals surface area contributed by atoms with Gasteiger partial charge in [0.2, 0.25) is 5.91 Å². The molecule has 2 heterocycles. The molecule has 1 aliphatic heterocycles. The molecule has 0 atom stereocenters. The van der Waals surface area contributed by atoms with Crippen LogP contribution in [0.5, 0.6) is 5.75 Å². The molecule has 1 aromatic heterocycles. The lowest BCUT2D eigenvalue weighted by atomic mass is 9.95. The molecule has 8 nitrogen and oxygen atoms in total. The van der Waals surface area contributed by atoms with Crippen LogP contribution in [0.25, 0.3) is 0 Å². The summed E-state index contributed by atoms with van der Waals surface area (Å²) in [6.45, 7) is 2.43. The Bertz CT molecular complexity index is 1170. The van der Waals surface area contributed by atoms with Crippen molar-refractivity contribution in [2.24, 2.45) is 0 Å². The molecule has 1 saturated carbocycles. The highest BCUT2D eigenvalue weighted by Crippen LogP contribution is 2.35. The molecule has 194 valence electrons. The monoisotopic (exact) mass is 513 g/mol. The Labute approximate surface area is 212 Å². The Morgan fingerprint density at radius 3 is 2.30 bits per heavy atom.